The Morgan fingerprint density at radius 1 is 1.33 bits per heavy atom. The van der Waals surface area contributed by atoms with Gasteiger partial charge in [0.15, 0.2) is 0 Å². The van der Waals surface area contributed by atoms with Crippen LogP contribution in [0.25, 0.3) is 0 Å². The van der Waals surface area contributed by atoms with E-state index in [1.807, 2.05) is 24.7 Å². The van der Waals surface area contributed by atoms with Crippen molar-refractivity contribution in [2.24, 2.45) is 0 Å². The third kappa shape index (κ3) is 3.67. The van der Waals surface area contributed by atoms with Crippen LogP contribution >= 0.6 is 0 Å². The fraction of sp³-hybridized carbons (Fsp3) is 0.357. The largest absolute Gasteiger partial charge is 0.337 e. The van der Waals surface area contributed by atoms with E-state index >= 15 is 0 Å². The first kappa shape index (κ1) is 12.8. The van der Waals surface area contributed by atoms with Gasteiger partial charge in [-0.15, -0.1) is 0 Å². The van der Waals surface area contributed by atoms with Crippen LogP contribution in [0.4, 0.5) is 4.39 Å². The van der Waals surface area contributed by atoms with Crippen molar-refractivity contribution in [2.45, 2.75) is 25.9 Å². The van der Waals surface area contributed by atoms with Crippen LogP contribution in [0.2, 0.25) is 0 Å². The normalized spacial score (nSPS) is 12.6. The van der Waals surface area contributed by atoms with Crippen molar-refractivity contribution < 1.29 is 4.39 Å². The molecule has 1 heterocycles. The van der Waals surface area contributed by atoms with Gasteiger partial charge in [0, 0.05) is 25.0 Å². The van der Waals surface area contributed by atoms with Crippen LogP contribution in [0.5, 0.6) is 0 Å². The van der Waals surface area contributed by atoms with Crippen LogP contribution in [0, 0.1) is 5.82 Å². The average Bonchev–Trinajstić information content (AvgIpc) is 2.88. The first-order chi connectivity index (χ1) is 8.75. The van der Waals surface area contributed by atoms with E-state index in [0.29, 0.717) is 0 Å². The lowest BCUT2D eigenvalue weighted by Gasteiger charge is -2.14. The highest BCUT2D eigenvalue weighted by Crippen LogP contribution is 2.12. The zero-order chi connectivity index (χ0) is 12.8. The standard InChI is InChI=1S/C14H18FN3/c1-12(13-3-5-14(15)6-4-13)17-7-2-9-18-10-8-16-11-18/h3-6,8,10-12,17H,2,7,9H2,1H3/t12-/m1/s1. The Hall–Kier alpha value is -1.68. The van der Waals surface area contributed by atoms with Crippen LogP contribution in [-0.4, -0.2) is 16.1 Å². The van der Waals surface area contributed by atoms with Crippen molar-refractivity contribution in [2.75, 3.05) is 6.54 Å². The number of aryl methyl sites for hydroxylation is 1. The molecule has 96 valence electrons. The summed E-state index contributed by atoms with van der Waals surface area (Å²) >= 11 is 0. The predicted octanol–water partition coefficient (Wildman–Crippen LogP) is 2.76. The van der Waals surface area contributed by atoms with Crippen molar-refractivity contribution in [1.82, 2.24) is 14.9 Å². The highest BCUT2D eigenvalue weighted by molar-refractivity contribution is 5.19. The van der Waals surface area contributed by atoms with Crippen LogP contribution in [0.3, 0.4) is 0 Å². The molecule has 18 heavy (non-hydrogen) atoms. The fourth-order valence-corrected chi connectivity index (χ4v) is 1.87. The van der Waals surface area contributed by atoms with E-state index in [-0.39, 0.29) is 11.9 Å². The minimum absolute atomic E-state index is 0.189. The van der Waals surface area contributed by atoms with E-state index < -0.39 is 0 Å². The molecule has 0 unspecified atom stereocenters. The van der Waals surface area contributed by atoms with E-state index in [1.54, 1.807) is 6.20 Å². The van der Waals surface area contributed by atoms with Gasteiger partial charge in [0.05, 0.1) is 6.33 Å². The van der Waals surface area contributed by atoms with Gasteiger partial charge >= 0.3 is 0 Å². The molecule has 0 aliphatic rings. The van der Waals surface area contributed by atoms with E-state index in [1.165, 1.54) is 12.1 Å². The van der Waals surface area contributed by atoms with Gasteiger partial charge in [0.1, 0.15) is 5.82 Å². The highest BCUT2D eigenvalue weighted by atomic mass is 19.1. The first-order valence-electron chi connectivity index (χ1n) is 6.20. The second kappa shape index (κ2) is 6.31. The summed E-state index contributed by atoms with van der Waals surface area (Å²) in [4.78, 5) is 4.00. The number of benzene rings is 1. The lowest BCUT2D eigenvalue weighted by molar-refractivity contribution is 0.525. The molecule has 0 spiro atoms. The van der Waals surface area contributed by atoms with Crippen molar-refractivity contribution in [1.29, 1.82) is 0 Å². The Labute approximate surface area is 107 Å². The molecule has 3 nitrogen and oxygen atoms in total. The molecular formula is C14H18FN3. The minimum atomic E-state index is -0.189. The summed E-state index contributed by atoms with van der Waals surface area (Å²) in [7, 11) is 0. The molecule has 0 aliphatic carbocycles. The van der Waals surface area contributed by atoms with Crippen LogP contribution in [-0.2, 0) is 6.54 Å². The molecule has 1 aromatic heterocycles. The van der Waals surface area contributed by atoms with Gasteiger partial charge in [-0.1, -0.05) is 12.1 Å². The van der Waals surface area contributed by atoms with Gasteiger partial charge < -0.3 is 9.88 Å². The second-order valence-electron chi connectivity index (χ2n) is 4.38. The van der Waals surface area contributed by atoms with E-state index in [2.05, 4.69) is 21.8 Å². The predicted molar refractivity (Wildman–Crippen MR) is 69.7 cm³/mol. The number of nitrogens with zero attached hydrogens (tertiary/aromatic N) is 2. The van der Waals surface area contributed by atoms with Gasteiger partial charge in [-0.3, -0.25) is 0 Å². The maximum Gasteiger partial charge on any atom is 0.123 e. The Morgan fingerprint density at radius 3 is 2.78 bits per heavy atom. The van der Waals surface area contributed by atoms with Crippen LogP contribution in [0.1, 0.15) is 24.9 Å². The summed E-state index contributed by atoms with van der Waals surface area (Å²) in [6, 6.07) is 6.89. The molecule has 0 fully saturated rings. The zero-order valence-electron chi connectivity index (χ0n) is 10.5. The van der Waals surface area contributed by atoms with Gasteiger partial charge in [0.25, 0.3) is 0 Å². The van der Waals surface area contributed by atoms with Gasteiger partial charge in [-0.05, 0) is 37.6 Å². The van der Waals surface area contributed by atoms with Gasteiger partial charge in [-0.25, -0.2) is 9.37 Å². The molecule has 1 aromatic carbocycles. The van der Waals surface area contributed by atoms with Gasteiger partial charge in [0.2, 0.25) is 0 Å². The zero-order valence-corrected chi connectivity index (χ0v) is 10.5. The molecule has 0 radical (unpaired) electrons. The number of rotatable bonds is 6. The van der Waals surface area contributed by atoms with Gasteiger partial charge in [-0.2, -0.15) is 0 Å². The Kier molecular flexibility index (Phi) is 4.47. The monoisotopic (exact) mass is 247 g/mol. The number of halogens is 1. The van der Waals surface area contributed by atoms with Crippen LogP contribution < -0.4 is 5.32 Å². The number of hydrogen-bond donors (Lipinski definition) is 1. The number of hydrogen-bond acceptors (Lipinski definition) is 2. The topological polar surface area (TPSA) is 29.9 Å². The fourth-order valence-electron chi connectivity index (χ4n) is 1.87. The number of nitrogens with one attached hydrogen (secondary N) is 1. The summed E-state index contributed by atoms with van der Waals surface area (Å²) in [5.41, 5.74) is 1.11. The lowest BCUT2D eigenvalue weighted by Crippen LogP contribution is -2.20. The third-order valence-electron chi connectivity index (χ3n) is 2.97. The minimum Gasteiger partial charge on any atom is -0.337 e. The lowest BCUT2D eigenvalue weighted by atomic mass is 10.1. The summed E-state index contributed by atoms with van der Waals surface area (Å²) in [6.07, 6.45) is 6.61. The van der Waals surface area contributed by atoms with Crippen molar-refractivity contribution in [3.63, 3.8) is 0 Å². The van der Waals surface area contributed by atoms with Crippen LogP contribution in [0.15, 0.2) is 43.0 Å². The Morgan fingerprint density at radius 2 is 2.11 bits per heavy atom. The molecular weight excluding hydrogens is 229 g/mol. The average molecular weight is 247 g/mol. The smallest absolute Gasteiger partial charge is 0.123 e. The molecule has 2 rings (SSSR count). The molecule has 4 heteroatoms. The number of imidazole rings is 1. The van der Waals surface area contributed by atoms with Crippen molar-refractivity contribution >= 4 is 0 Å². The van der Waals surface area contributed by atoms with Crippen molar-refractivity contribution in [3.8, 4) is 0 Å². The maximum absolute atomic E-state index is 12.8. The SMILES string of the molecule is C[C@@H](NCCCn1ccnc1)c1ccc(F)cc1. The summed E-state index contributed by atoms with van der Waals surface area (Å²) in [5.74, 6) is -0.189. The molecule has 1 atom stereocenters. The Bertz CT molecular complexity index is 450. The molecule has 0 bridgehead atoms. The second-order valence-corrected chi connectivity index (χ2v) is 4.38. The van der Waals surface area contributed by atoms with E-state index in [0.717, 1.165) is 25.1 Å². The molecule has 2 aromatic rings. The maximum atomic E-state index is 12.8. The molecule has 0 amide bonds. The molecule has 0 saturated carbocycles. The quantitative estimate of drug-likeness (QED) is 0.795. The summed E-state index contributed by atoms with van der Waals surface area (Å²) < 4.78 is 14.8. The summed E-state index contributed by atoms with van der Waals surface area (Å²) in [5, 5.41) is 3.42. The first-order valence-corrected chi connectivity index (χ1v) is 6.20. The van der Waals surface area contributed by atoms with E-state index in [9.17, 15) is 4.39 Å². The highest BCUT2D eigenvalue weighted by Gasteiger charge is 2.03. The molecule has 0 aliphatic heterocycles. The van der Waals surface area contributed by atoms with Crippen molar-refractivity contribution in [3.05, 3.63) is 54.4 Å². The number of aromatic nitrogens is 2. The molecule has 0 saturated heterocycles. The van der Waals surface area contributed by atoms with E-state index in [4.69, 9.17) is 0 Å². The summed E-state index contributed by atoms with van der Waals surface area (Å²) in [6.45, 7) is 3.98. The molecule has 1 N–H and O–H groups in total. The Balaban J connectivity index is 1.71. The third-order valence-corrected chi connectivity index (χ3v) is 2.97.